The van der Waals surface area contributed by atoms with Gasteiger partial charge < -0.3 is 8.23 Å². The fourth-order valence-electron chi connectivity index (χ4n) is 10.9. The highest BCUT2D eigenvalue weighted by Gasteiger charge is 2.34. The largest absolute Gasteiger partial charge is 0.455 e. The van der Waals surface area contributed by atoms with Crippen molar-refractivity contribution in [1.29, 1.82) is 0 Å². The highest BCUT2D eigenvalue weighted by molar-refractivity contribution is 7.29. The maximum Gasteiger partial charge on any atom is 0.173 e. The van der Waals surface area contributed by atoms with Crippen LogP contribution in [0.5, 0.6) is 0 Å². The van der Waals surface area contributed by atoms with Gasteiger partial charge in [-0.25, -0.2) is 0 Å². The fourth-order valence-corrected chi connectivity index (χ4v) is 39.2. The average Bonchev–Trinajstić information content (AvgIpc) is 4.25. The van der Waals surface area contributed by atoms with Crippen molar-refractivity contribution in [2.45, 2.75) is 205 Å². The summed E-state index contributed by atoms with van der Waals surface area (Å²) in [7, 11) is -5.76. The van der Waals surface area contributed by atoms with Gasteiger partial charge in [-0.3, -0.25) is 0 Å². The van der Waals surface area contributed by atoms with Crippen molar-refractivity contribution in [3.05, 3.63) is 117 Å². The van der Waals surface area contributed by atoms with Gasteiger partial charge in [-0.15, -0.1) is 90.7 Å². The molecule has 0 aliphatic rings. The molecule has 2 nitrogen and oxygen atoms in total. The first kappa shape index (κ1) is 63.6. The van der Waals surface area contributed by atoms with Crippen LogP contribution >= 0.6 is 90.7 Å². The first-order valence-corrected chi connectivity index (χ1v) is 50.2. The van der Waals surface area contributed by atoms with Crippen LogP contribution in [-0.2, 0) is 33.9 Å². The third-order valence-corrected chi connectivity index (χ3v) is 41.4. The zero-order valence-electron chi connectivity index (χ0n) is 49.4. The quantitative estimate of drug-likeness (QED) is 0.0288. The van der Waals surface area contributed by atoms with Crippen molar-refractivity contribution in [2.24, 2.45) is 0 Å². The van der Waals surface area contributed by atoms with E-state index in [1.54, 1.807) is 0 Å². The van der Waals surface area contributed by atoms with Crippen LogP contribution in [0, 0.1) is 0 Å². The van der Waals surface area contributed by atoms with Crippen LogP contribution in [0.3, 0.4) is 0 Å². The number of aryl methyl sites for hydroxylation is 4. The van der Waals surface area contributed by atoms with E-state index in [-0.39, 0.29) is 0 Å². The Morgan fingerprint density at radius 2 is 0.506 bits per heavy atom. The van der Waals surface area contributed by atoms with Gasteiger partial charge in [0.1, 0.15) is 0 Å². The number of hydrogen-bond donors (Lipinski definition) is 0. The Balaban J connectivity index is 0.672. The van der Waals surface area contributed by atoms with Crippen LogP contribution in [0.1, 0.15) is 110 Å². The summed E-state index contributed by atoms with van der Waals surface area (Å²) in [6, 6.07) is 45.4. The molecule has 0 aromatic carbocycles. The number of rotatable bonds is 36. The molecule has 0 amide bonds. The lowest BCUT2D eigenvalue weighted by molar-refractivity contribution is 0.531. The second-order valence-corrected chi connectivity index (χ2v) is 52.5. The molecule has 8 heterocycles. The second kappa shape index (κ2) is 30.6. The molecule has 8 rings (SSSR count). The van der Waals surface area contributed by atoms with Crippen LogP contribution in [0.4, 0.5) is 0 Å². The van der Waals surface area contributed by atoms with Gasteiger partial charge in [-0.2, -0.15) is 0 Å². The van der Waals surface area contributed by atoms with Gasteiger partial charge in [0.05, 0.1) is 0 Å². The molecule has 8 aromatic heterocycles. The Bertz CT molecular complexity index is 2840. The molecule has 0 aliphatic heterocycles. The van der Waals surface area contributed by atoms with Crippen molar-refractivity contribution >= 4 is 133 Å². The molecule has 0 unspecified atom stereocenters. The molecule has 0 aliphatic carbocycles. The summed E-state index contributed by atoms with van der Waals surface area (Å²) >= 11 is 15.8. The molecule has 0 spiro atoms. The fraction of sp³-hybridized carbons (Fsp3) is 0.500. The Hall–Kier alpha value is -1.40. The molecular weight excluding hydrogens is 1200 g/mol. The van der Waals surface area contributed by atoms with E-state index in [0.717, 1.165) is 22.4 Å². The molecule has 0 saturated heterocycles. The lowest BCUT2D eigenvalue weighted by atomic mass is 10.1. The predicted octanol–water partition coefficient (Wildman–Crippen LogP) is 25.2. The van der Waals surface area contributed by atoms with Crippen molar-refractivity contribution in [2.75, 3.05) is 0 Å². The van der Waals surface area contributed by atoms with Gasteiger partial charge in [-0.05, 0) is 225 Å². The zero-order valence-corrected chi connectivity index (χ0v) is 60.9. The average molecular weight is 1290 g/mol. The summed E-state index contributed by atoms with van der Waals surface area (Å²) in [5.74, 6) is 0. The molecule has 79 heavy (non-hydrogen) atoms. The van der Waals surface area contributed by atoms with E-state index in [0.29, 0.717) is 0 Å². The summed E-state index contributed by atoms with van der Waals surface area (Å²) in [4.78, 5) is 22.9. The van der Waals surface area contributed by atoms with E-state index in [2.05, 4.69) is 163 Å². The zero-order chi connectivity index (χ0) is 55.9. The van der Waals surface area contributed by atoms with E-state index in [9.17, 15) is 0 Å². The lowest BCUT2D eigenvalue weighted by Crippen LogP contribution is -2.44. The summed E-state index contributed by atoms with van der Waals surface area (Å²) in [6.45, 7) is 24.5. The smallest absolute Gasteiger partial charge is 0.173 e. The molecule has 0 bridgehead atoms. The van der Waals surface area contributed by atoms with Crippen LogP contribution in [0.2, 0.25) is 88.6 Å². The van der Waals surface area contributed by atoms with Gasteiger partial charge in [0.15, 0.2) is 33.3 Å². The van der Waals surface area contributed by atoms with Gasteiger partial charge >= 0.3 is 0 Å². The van der Waals surface area contributed by atoms with Crippen LogP contribution in [-0.4, -0.2) is 42.8 Å². The minimum Gasteiger partial charge on any atom is -0.455 e. The Morgan fingerprint density at radius 3 is 0.772 bits per heavy atom. The summed E-state index contributed by atoms with van der Waals surface area (Å²) in [6.07, 6.45) is 20.5. The van der Waals surface area contributed by atoms with Gasteiger partial charge in [-0.1, -0.05) is 77.3 Å². The summed E-state index contributed by atoms with van der Waals surface area (Å²) in [5, 5.41) is 0. The molecule has 0 fully saturated rings. The summed E-state index contributed by atoms with van der Waals surface area (Å²) in [5.41, 5.74) is 0. The predicted molar refractivity (Wildman–Crippen MR) is 377 cm³/mol. The third-order valence-electron chi connectivity index (χ3n) is 14.9. The van der Waals surface area contributed by atoms with Crippen molar-refractivity contribution in [1.82, 2.24) is 0 Å². The minimum absolute atomic E-state index is 1.07. The Morgan fingerprint density at radius 1 is 0.278 bits per heavy atom. The van der Waals surface area contributed by atoms with Crippen molar-refractivity contribution in [3.63, 3.8) is 0 Å². The van der Waals surface area contributed by atoms with E-state index < -0.39 is 33.3 Å². The van der Waals surface area contributed by atoms with Crippen LogP contribution < -0.4 is 0 Å². The molecule has 15 heteroatoms. The molecule has 426 valence electrons. The van der Waals surface area contributed by atoms with E-state index in [1.165, 1.54) is 204 Å². The standard InChI is InChI=1S/C64H90O2S8Si5/c1-11-13-15-17-23-49-27-31-53(67-49)57-35-39-61(71-57)63-41-37-59(73-63)55-33-29-51(69-55)25-19-45-76(3,4)65-78(7,8)47-21-43-75-44-22-48-79(9,10)66-77(5,6)46-20-26-52-30-34-56(70-52)60-38-42-64(74-60)62-40-36-58(72-62)54-32-28-50(68-54)24-18-16-14-12-2/h27-42H,11-26,43-48H2,1-10H3. The Labute approximate surface area is 516 Å². The highest BCUT2D eigenvalue weighted by atomic mass is 32.1. The topological polar surface area (TPSA) is 18.5 Å². The normalized spacial score (nSPS) is 12.7. The Kier molecular flexibility index (Phi) is 24.7. The molecule has 0 saturated carbocycles. The van der Waals surface area contributed by atoms with Gasteiger partial charge in [0, 0.05) is 87.6 Å². The van der Waals surface area contributed by atoms with E-state index in [1.807, 2.05) is 90.7 Å². The minimum atomic E-state index is -1.73. The van der Waals surface area contributed by atoms with Gasteiger partial charge in [0.25, 0.3) is 0 Å². The van der Waals surface area contributed by atoms with Crippen LogP contribution in [0.15, 0.2) is 97.1 Å². The number of unbranched alkanes of at least 4 members (excludes halogenated alkanes) is 6. The van der Waals surface area contributed by atoms with Crippen molar-refractivity contribution < 1.29 is 8.23 Å². The van der Waals surface area contributed by atoms with E-state index in [4.69, 9.17) is 8.23 Å². The molecule has 2 radical (unpaired) electrons. The molecule has 0 atom stereocenters. The maximum atomic E-state index is 7.15. The number of thiophene rings is 8. The molecule has 8 aromatic rings. The third kappa shape index (κ3) is 20.4. The van der Waals surface area contributed by atoms with Crippen molar-refractivity contribution in [3.8, 4) is 58.5 Å². The molecule has 0 N–H and O–H groups in total. The second-order valence-electron chi connectivity index (χ2n) is 24.2. The maximum absolute atomic E-state index is 7.15. The molecular formula is C64H90O2S8Si5. The number of hydrogen-bond acceptors (Lipinski definition) is 10. The SMILES string of the molecule is CCCCCCc1ccc(-c2ccc(-c3ccc(-c4ccc(CCC[Si](C)(C)O[Si](C)(C)CCC[Si]CCC[Si](C)(C)O[Si](C)(C)CCCc5ccc(-c6ccc(-c7ccc(-c8ccc(CCCCCC)s8)s7)s6)s5)s4)s3)s2)s1. The first-order valence-electron chi connectivity index (χ1n) is 29.8. The van der Waals surface area contributed by atoms with E-state index >= 15 is 0 Å². The van der Waals surface area contributed by atoms with Gasteiger partial charge in [0.2, 0.25) is 0 Å². The monoisotopic (exact) mass is 1290 g/mol. The van der Waals surface area contributed by atoms with Crippen LogP contribution in [0.25, 0.3) is 58.5 Å². The first-order chi connectivity index (χ1) is 37.9. The highest BCUT2D eigenvalue weighted by Crippen LogP contribution is 2.45. The summed E-state index contributed by atoms with van der Waals surface area (Å²) < 4.78 is 14.3. The lowest BCUT2D eigenvalue weighted by Gasteiger charge is -2.34.